The van der Waals surface area contributed by atoms with Crippen molar-refractivity contribution in [1.82, 2.24) is 27.2 Å². The van der Waals surface area contributed by atoms with Gasteiger partial charge in [-0.1, -0.05) is 18.2 Å². The van der Waals surface area contributed by atoms with Gasteiger partial charge >= 0.3 is 6.18 Å². The molecule has 0 atom stereocenters. The summed E-state index contributed by atoms with van der Waals surface area (Å²) < 4.78 is 65.7. The van der Waals surface area contributed by atoms with E-state index in [9.17, 15) is 21.6 Å². The van der Waals surface area contributed by atoms with Gasteiger partial charge in [-0.15, -0.1) is 0 Å². The Bertz CT molecular complexity index is 1070. The molecule has 13 heteroatoms. The van der Waals surface area contributed by atoms with Gasteiger partial charge in [-0.2, -0.15) is 24.2 Å². The van der Waals surface area contributed by atoms with Gasteiger partial charge in [-0.05, 0) is 29.3 Å². The van der Waals surface area contributed by atoms with Crippen molar-refractivity contribution in [2.45, 2.75) is 17.2 Å². The molecule has 2 aromatic carbocycles. The third-order valence-electron chi connectivity index (χ3n) is 5.21. The summed E-state index contributed by atoms with van der Waals surface area (Å²) in [5.74, 6) is 0. The van der Waals surface area contributed by atoms with Crippen LogP contribution in [0.2, 0.25) is 0 Å². The highest BCUT2D eigenvalue weighted by molar-refractivity contribution is 7.89. The zero-order chi connectivity index (χ0) is 22.2. The Morgan fingerprint density at radius 3 is 2.32 bits per heavy atom. The Morgan fingerprint density at radius 1 is 1.03 bits per heavy atom. The number of primary sulfonamides is 1. The summed E-state index contributed by atoms with van der Waals surface area (Å²) in [5.41, 5.74) is 10.7. The number of benzene rings is 2. The molecule has 0 radical (unpaired) electrons. The van der Waals surface area contributed by atoms with Crippen LogP contribution in [-0.2, 0) is 16.2 Å². The molecule has 0 aliphatic carbocycles. The molecule has 2 fully saturated rings. The quantitative estimate of drug-likeness (QED) is 0.393. The molecule has 2 aliphatic heterocycles. The number of halogens is 3. The van der Waals surface area contributed by atoms with E-state index in [1.165, 1.54) is 6.07 Å². The fourth-order valence-corrected chi connectivity index (χ4v) is 4.88. The van der Waals surface area contributed by atoms with Crippen LogP contribution in [0.15, 0.2) is 41.3 Å². The normalized spacial score (nSPS) is 18.5. The number of alkyl halides is 3. The molecule has 31 heavy (non-hydrogen) atoms. The van der Waals surface area contributed by atoms with Gasteiger partial charge in [0.05, 0.1) is 5.56 Å². The molecule has 0 spiro atoms. The fraction of sp³-hybridized carbons (Fsp3) is 0.333. The molecule has 7 N–H and O–H groups in total. The average molecular weight is 457 g/mol. The molecule has 4 rings (SSSR count). The first-order valence-corrected chi connectivity index (χ1v) is 11.0. The van der Waals surface area contributed by atoms with Crippen LogP contribution in [-0.4, -0.2) is 34.6 Å². The van der Waals surface area contributed by atoms with Crippen molar-refractivity contribution in [2.24, 2.45) is 5.14 Å². The summed E-state index contributed by atoms with van der Waals surface area (Å²) in [6.45, 7) is 3.20. The number of sulfonamides is 1. The van der Waals surface area contributed by atoms with E-state index in [-0.39, 0.29) is 5.56 Å². The smallest absolute Gasteiger partial charge is 0.369 e. The number of nitrogens with zero attached hydrogens (tertiary/aromatic N) is 1. The van der Waals surface area contributed by atoms with Crippen LogP contribution in [0.25, 0.3) is 11.1 Å². The van der Waals surface area contributed by atoms with Crippen molar-refractivity contribution in [3.05, 3.63) is 47.5 Å². The Labute approximate surface area is 177 Å². The van der Waals surface area contributed by atoms with Crippen LogP contribution in [0.5, 0.6) is 0 Å². The van der Waals surface area contributed by atoms with E-state index in [4.69, 9.17) is 5.14 Å². The lowest BCUT2D eigenvalue weighted by Gasteiger charge is -2.30. The zero-order valence-electron chi connectivity index (χ0n) is 16.3. The first kappa shape index (κ1) is 22.0. The third-order valence-corrected chi connectivity index (χ3v) is 6.22. The number of nitrogens with one attached hydrogen (secondary N) is 5. The van der Waals surface area contributed by atoms with E-state index in [0.717, 1.165) is 37.9 Å². The summed E-state index contributed by atoms with van der Waals surface area (Å²) in [4.78, 5) is 1.18. The molecule has 0 unspecified atom stereocenters. The minimum Gasteiger partial charge on any atom is -0.369 e. The Hall–Kier alpha value is -2.26. The predicted octanol–water partition coefficient (Wildman–Crippen LogP) is 0.545. The van der Waals surface area contributed by atoms with E-state index >= 15 is 0 Å². The second-order valence-electron chi connectivity index (χ2n) is 7.21. The maximum atomic E-state index is 13.7. The Balaban J connectivity index is 1.92. The van der Waals surface area contributed by atoms with Crippen molar-refractivity contribution < 1.29 is 21.6 Å². The van der Waals surface area contributed by atoms with Crippen molar-refractivity contribution in [3.63, 3.8) is 0 Å². The van der Waals surface area contributed by atoms with Crippen molar-refractivity contribution in [1.29, 1.82) is 0 Å². The number of rotatable bonds is 4. The largest absolute Gasteiger partial charge is 0.417 e. The third kappa shape index (κ3) is 4.52. The number of anilines is 1. The highest BCUT2D eigenvalue weighted by Crippen LogP contribution is 2.41. The molecule has 9 nitrogen and oxygen atoms in total. The van der Waals surface area contributed by atoms with E-state index < -0.39 is 32.8 Å². The van der Waals surface area contributed by atoms with Crippen molar-refractivity contribution in [3.8, 4) is 11.1 Å². The second kappa shape index (κ2) is 8.35. The first-order valence-electron chi connectivity index (χ1n) is 9.50. The molecule has 2 aromatic rings. The second-order valence-corrected chi connectivity index (χ2v) is 8.70. The molecular formula is C18H22F3N7O2S. The summed E-state index contributed by atoms with van der Waals surface area (Å²) in [7, 11) is -4.72. The molecule has 2 saturated heterocycles. The summed E-state index contributed by atoms with van der Waals surface area (Å²) in [6, 6.07) is 9.28. The number of hydrogen-bond acceptors (Lipinski definition) is 8. The first-order chi connectivity index (χ1) is 14.7. The highest BCUT2D eigenvalue weighted by Gasteiger charge is 2.40. The fourth-order valence-electron chi connectivity index (χ4n) is 3.86. The van der Waals surface area contributed by atoms with Crippen LogP contribution in [0, 0.1) is 0 Å². The Morgan fingerprint density at radius 2 is 1.71 bits per heavy atom. The lowest BCUT2D eigenvalue weighted by molar-refractivity contribution is -0.140. The van der Waals surface area contributed by atoms with Gasteiger partial charge in [0.15, 0.2) is 0 Å². The van der Waals surface area contributed by atoms with Gasteiger partial charge in [-0.25, -0.2) is 24.4 Å². The van der Waals surface area contributed by atoms with Crippen LogP contribution >= 0.6 is 0 Å². The van der Waals surface area contributed by atoms with Gasteiger partial charge in [0.25, 0.3) is 0 Å². The number of nitrogens with two attached hydrogens (primary N) is 1. The van der Waals surface area contributed by atoms with Gasteiger partial charge in [0.1, 0.15) is 11.1 Å². The monoisotopic (exact) mass is 457 g/mol. The van der Waals surface area contributed by atoms with Crippen LogP contribution in [0.4, 0.5) is 18.9 Å². The van der Waals surface area contributed by atoms with Crippen LogP contribution < -0.4 is 37.3 Å². The SMILES string of the molecule is NS(=O)(=O)c1c(C(F)(F)F)ccc(-c2cccc(N3CCNCC3)c2)c1C1NNNN1. The molecule has 2 aliphatic rings. The molecular weight excluding hydrogens is 435 g/mol. The van der Waals surface area contributed by atoms with E-state index in [1.54, 1.807) is 12.1 Å². The topological polar surface area (TPSA) is 124 Å². The van der Waals surface area contributed by atoms with Crippen LogP contribution in [0.1, 0.15) is 17.3 Å². The van der Waals surface area contributed by atoms with Crippen LogP contribution in [0.3, 0.4) is 0 Å². The minimum atomic E-state index is -4.91. The molecule has 168 valence electrons. The predicted molar refractivity (Wildman–Crippen MR) is 109 cm³/mol. The van der Waals surface area contributed by atoms with Gasteiger partial charge in [-0.3, -0.25) is 0 Å². The van der Waals surface area contributed by atoms with Gasteiger partial charge in [0.2, 0.25) is 10.0 Å². The lowest BCUT2D eigenvalue weighted by Crippen LogP contribution is -2.43. The number of piperazine rings is 1. The lowest BCUT2D eigenvalue weighted by atomic mass is 9.95. The van der Waals surface area contributed by atoms with E-state index in [1.807, 2.05) is 12.1 Å². The highest BCUT2D eigenvalue weighted by atomic mass is 32.2. The van der Waals surface area contributed by atoms with Crippen molar-refractivity contribution in [2.75, 3.05) is 31.1 Å². The summed E-state index contributed by atoms with van der Waals surface area (Å²) in [6.07, 6.45) is -5.90. The Kier molecular flexibility index (Phi) is 5.91. The average Bonchev–Trinajstić information content (AvgIpc) is 3.27. The maximum Gasteiger partial charge on any atom is 0.417 e. The summed E-state index contributed by atoms with van der Waals surface area (Å²) in [5, 5.41) is 8.54. The molecule has 0 saturated carbocycles. The van der Waals surface area contributed by atoms with Crippen molar-refractivity contribution >= 4 is 15.7 Å². The number of hydrazine groups is 3. The van der Waals surface area contributed by atoms with E-state index in [2.05, 4.69) is 32.1 Å². The summed E-state index contributed by atoms with van der Waals surface area (Å²) >= 11 is 0. The zero-order valence-corrected chi connectivity index (χ0v) is 17.1. The standard InChI is InChI=1S/C18H22F3N7O2S/c19-18(20,21)14-5-4-13(15(16(14)31(22,29)30)17-24-26-27-25-17)11-2-1-3-12(10-11)28-8-6-23-7-9-28/h1-5,10,17,23-27H,6-9H2,(H2,22,29,30). The molecule has 2 heterocycles. The van der Waals surface area contributed by atoms with Gasteiger partial charge < -0.3 is 10.2 Å². The maximum absolute atomic E-state index is 13.7. The van der Waals surface area contributed by atoms with Gasteiger partial charge in [0, 0.05) is 37.4 Å². The molecule has 0 amide bonds. The molecule has 0 bridgehead atoms. The molecule has 0 aromatic heterocycles. The minimum absolute atomic E-state index is 0.132. The van der Waals surface area contributed by atoms with E-state index in [0.29, 0.717) is 11.1 Å². The number of hydrogen-bond donors (Lipinski definition) is 6.